The van der Waals surface area contributed by atoms with Gasteiger partial charge in [0.2, 0.25) is 0 Å². The fourth-order valence-electron chi connectivity index (χ4n) is 21.1. The van der Waals surface area contributed by atoms with Gasteiger partial charge in [-0.2, -0.15) is 0 Å². The first kappa shape index (κ1) is 54.5. The molecular formula is C71H116. The highest BCUT2D eigenvalue weighted by Gasteiger charge is 2.54. The average Bonchev–Trinajstić information content (AvgIpc) is 3.69. The lowest BCUT2D eigenvalue weighted by Crippen LogP contribution is -2.52. The fourth-order valence-corrected chi connectivity index (χ4v) is 21.1. The van der Waals surface area contributed by atoms with E-state index in [0.29, 0.717) is 0 Å². The van der Waals surface area contributed by atoms with Gasteiger partial charge < -0.3 is 0 Å². The molecule has 0 N–H and O–H groups in total. The van der Waals surface area contributed by atoms with Crippen molar-refractivity contribution >= 4 is 0 Å². The van der Waals surface area contributed by atoms with Crippen LogP contribution in [0.3, 0.4) is 0 Å². The molecule has 0 radical (unpaired) electrons. The van der Waals surface area contributed by atoms with E-state index in [2.05, 4.69) is 97.1 Å². The van der Waals surface area contributed by atoms with E-state index in [1.54, 1.807) is 0 Å². The van der Waals surface area contributed by atoms with Crippen molar-refractivity contribution < 1.29 is 0 Å². The predicted octanol–water partition coefficient (Wildman–Crippen LogP) is 21.6. The van der Waals surface area contributed by atoms with E-state index in [9.17, 15) is 0 Å². The zero-order chi connectivity index (χ0) is 49.3. The van der Waals surface area contributed by atoms with E-state index in [1.165, 1.54) is 212 Å². The smallest absolute Gasteiger partial charge is 0.0165 e. The van der Waals surface area contributed by atoms with Crippen molar-refractivity contribution in [1.29, 1.82) is 0 Å². The highest BCUT2D eigenvalue weighted by atomic mass is 14.6. The summed E-state index contributed by atoms with van der Waals surface area (Å²) < 4.78 is 0. The van der Waals surface area contributed by atoms with Crippen molar-refractivity contribution in [1.82, 2.24) is 0 Å². The maximum Gasteiger partial charge on any atom is -0.0165 e. The Balaban J connectivity index is 1.06. The number of hydrogen-bond acceptors (Lipinski definition) is 0. The van der Waals surface area contributed by atoms with Crippen LogP contribution in [0.4, 0.5) is 0 Å². The molecule has 0 aromatic rings. The molecule has 71 heavy (non-hydrogen) atoms. The largest absolute Gasteiger partial charge is 0.0917 e. The number of hydrogen-bond donors (Lipinski definition) is 0. The third kappa shape index (κ3) is 12.8. The molecule has 0 aromatic carbocycles. The lowest BCUT2D eigenvalue weighted by atomic mass is 9.46. The molecule has 0 aliphatic heterocycles. The summed E-state index contributed by atoms with van der Waals surface area (Å²) in [4.78, 5) is 0. The molecule has 9 aliphatic carbocycles. The monoisotopic (exact) mass is 969 g/mol. The number of rotatable bonds is 19. The minimum absolute atomic E-state index is 0.720. The second kappa shape index (κ2) is 26.6. The van der Waals surface area contributed by atoms with Gasteiger partial charge >= 0.3 is 0 Å². The molecule has 0 heterocycles. The van der Waals surface area contributed by atoms with E-state index in [0.717, 1.165) is 124 Å². The Bertz CT molecular complexity index is 1750. The van der Waals surface area contributed by atoms with Crippen LogP contribution in [0.5, 0.6) is 0 Å². The topological polar surface area (TPSA) is 0 Å². The Morgan fingerprint density at radius 3 is 2.03 bits per heavy atom. The first-order valence-electron chi connectivity index (χ1n) is 33.2. The molecular weight excluding hydrogens is 853 g/mol. The van der Waals surface area contributed by atoms with E-state index in [1.807, 2.05) is 11.1 Å². The molecule has 6 fully saturated rings. The summed E-state index contributed by atoms with van der Waals surface area (Å²) in [6.45, 7) is 18.4. The molecule has 0 nitrogen and oxygen atoms in total. The van der Waals surface area contributed by atoms with Crippen molar-refractivity contribution in [3.05, 3.63) is 59.8 Å². The van der Waals surface area contributed by atoms with Gasteiger partial charge in [0, 0.05) is 0 Å². The number of allylic oxidation sites excluding steroid dienone is 10. The summed E-state index contributed by atoms with van der Waals surface area (Å²) in [6.07, 6.45) is 70.0. The van der Waals surface area contributed by atoms with E-state index in [-0.39, 0.29) is 0 Å². The molecule has 0 heteroatoms. The molecule has 9 aliphatic rings. The Kier molecular flexibility index (Phi) is 20.5. The first-order chi connectivity index (χ1) is 34.8. The summed E-state index contributed by atoms with van der Waals surface area (Å²) in [5, 5.41) is 0. The van der Waals surface area contributed by atoms with Crippen LogP contribution in [0.15, 0.2) is 59.8 Å². The maximum atomic E-state index is 3.13. The Hall–Kier alpha value is -1.30. The first-order valence-corrected chi connectivity index (χ1v) is 33.2. The van der Waals surface area contributed by atoms with Crippen LogP contribution in [0.2, 0.25) is 0 Å². The van der Waals surface area contributed by atoms with Crippen molar-refractivity contribution in [2.45, 2.75) is 260 Å². The third-order valence-corrected chi connectivity index (χ3v) is 24.8. The molecule has 0 bridgehead atoms. The fraction of sp³-hybridized carbons (Fsp3) is 0.859. The molecule has 400 valence electrons. The highest BCUT2D eigenvalue weighted by molar-refractivity contribution is 5.36. The molecule has 0 amide bonds. The van der Waals surface area contributed by atoms with Crippen molar-refractivity contribution in [2.24, 2.45) is 124 Å². The molecule has 20 atom stereocenters. The zero-order valence-corrected chi connectivity index (χ0v) is 48.1. The molecule has 9 rings (SSSR count). The van der Waals surface area contributed by atoms with Crippen LogP contribution < -0.4 is 0 Å². The SMILES string of the molecule is C/C=C\CCC1CCCCC1C1C(CC)C(CC)C(C(C)CCCC2CCCC2C)C2CC=C(C3=CC(C(C)C4C=CC=CC5CCCCC54)C(C(CCC4CCCCC4C)C4CCCCC4)CC3)CC21. The summed E-state index contributed by atoms with van der Waals surface area (Å²) in [5.74, 6) is 18.7. The van der Waals surface area contributed by atoms with Crippen LogP contribution in [0.1, 0.15) is 260 Å². The second-order valence-corrected chi connectivity index (χ2v) is 28.2. The standard InChI is InChI=1S/C71H116/c1-8-11-13-30-57-35-20-23-40-65(57)71-61(10-3)60(9-2)70(51(6)28-25-37-53-36-24-27-50(53)5)67-46-43-59(48-69(67)71)58-42-45-66(64(56-31-14-12-15-32-56)44-41-54-29-17-16-26-49(54)4)68(47-58)52(7)62-38-21-18-33-55-34-19-22-39-63(55)62/h8,11,18,21,33,38,43,47,49-57,60-71H,9-10,12-17,19-20,22-32,34-37,39-42,44-46,48H2,1-7H3/b11-8-. The summed E-state index contributed by atoms with van der Waals surface area (Å²) in [6, 6.07) is 0. The van der Waals surface area contributed by atoms with Crippen LogP contribution in [0.25, 0.3) is 0 Å². The van der Waals surface area contributed by atoms with Crippen LogP contribution >= 0.6 is 0 Å². The molecule has 0 saturated heterocycles. The van der Waals surface area contributed by atoms with Gasteiger partial charge in [0.25, 0.3) is 0 Å². The van der Waals surface area contributed by atoms with Gasteiger partial charge in [0.05, 0.1) is 0 Å². The van der Waals surface area contributed by atoms with Gasteiger partial charge in [-0.3, -0.25) is 0 Å². The average molecular weight is 970 g/mol. The summed E-state index contributed by atoms with van der Waals surface area (Å²) >= 11 is 0. The van der Waals surface area contributed by atoms with Crippen molar-refractivity contribution in [3.8, 4) is 0 Å². The van der Waals surface area contributed by atoms with Crippen LogP contribution in [0, 0.1) is 124 Å². The van der Waals surface area contributed by atoms with Gasteiger partial charge in [-0.1, -0.05) is 231 Å². The maximum absolute atomic E-state index is 3.13. The van der Waals surface area contributed by atoms with Gasteiger partial charge in [-0.25, -0.2) is 0 Å². The highest BCUT2D eigenvalue weighted by Crippen LogP contribution is 2.62. The summed E-state index contributed by atoms with van der Waals surface area (Å²) in [5.41, 5.74) is 3.77. The van der Waals surface area contributed by atoms with Crippen molar-refractivity contribution in [3.63, 3.8) is 0 Å². The van der Waals surface area contributed by atoms with Gasteiger partial charge in [0.1, 0.15) is 0 Å². The van der Waals surface area contributed by atoms with Crippen LogP contribution in [-0.2, 0) is 0 Å². The molecule has 20 unspecified atom stereocenters. The zero-order valence-electron chi connectivity index (χ0n) is 48.1. The van der Waals surface area contributed by atoms with Crippen LogP contribution in [-0.4, -0.2) is 0 Å². The van der Waals surface area contributed by atoms with Gasteiger partial charge in [0.15, 0.2) is 0 Å². The molecule has 0 spiro atoms. The summed E-state index contributed by atoms with van der Waals surface area (Å²) in [7, 11) is 0. The van der Waals surface area contributed by atoms with Gasteiger partial charge in [-0.15, -0.1) is 0 Å². The lowest BCUT2D eigenvalue weighted by Gasteiger charge is -2.59. The van der Waals surface area contributed by atoms with E-state index >= 15 is 0 Å². The Morgan fingerprint density at radius 1 is 0.592 bits per heavy atom. The van der Waals surface area contributed by atoms with E-state index in [4.69, 9.17) is 0 Å². The number of fused-ring (bicyclic) bond motifs is 2. The quantitative estimate of drug-likeness (QED) is 0.113. The van der Waals surface area contributed by atoms with Crippen molar-refractivity contribution in [2.75, 3.05) is 0 Å². The lowest BCUT2D eigenvalue weighted by molar-refractivity contribution is -0.0912. The molecule has 6 saturated carbocycles. The second-order valence-electron chi connectivity index (χ2n) is 28.2. The Labute approximate surface area is 442 Å². The van der Waals surface area contributed by atoms with E-state index < -0.39 is 0 Å². The Morgan fingerprint density at radius 2 is 1.27 bits per heavy atom. The van der Waals surface area contributed by atoms with Gasteiger partial charge in [-0.05, 0) is 213 Å². The minimum Gasteiger partial charge on any atom is -0.0917 e. The predicted molar refractivity (Wildman–Crippen MR) is 309 cm³/mol. The molecule has 0 aromatic heterocycles. The normalized spacial score (nSPS) is 41.6. The minimum atomic E-state index is 0.720. The third-order valence-electron chi connectivity index (χ3n) is 24.8.